The number of carboxylic acids is 2. The van der Waals surface area contributed by atoms with Gasteiger partial charge in [0.05, 0.1) is 11.1 Å². The second-order valence-corrected chi connectivity index (χ2v) is 4.39. The normalized spacial score (nSPS) is 10.2. The van der Waals surface area contributed by atoms with Crippen molar-refractivity contribution in [2.75, 3.05) is 0 Å². The summed E-state index contributed by atoms with van der Waals surface area (Å²) in [5, 5.41) is 27.8. The number of benzene rings is 2. The van der Waals surface area contributed by atoms with Crippen molar-refractivity contribution in [1.29, 1.82) is 0 Å². The minimum Gasteiger partial charge on any atom is -0.508 e. The van der Waals surface area contributed by atoms with Crippen LogP contribution < -0.4 is 0 Å². The summed E-state index contributed by atoms with van der Waals surface area (Å²) < 4.78 is 0. The molecular formula is C15H12O5. The zero-order valence-corrected chi connectivity index (χ0v) is 10.6. The summed E-state index contributed by atoms with van der Waals surface area (Å²) in [5.74, 6) is -2.37. The van der Waals surface area contributed by atoms with Gasteiger partial charge in [-0.05, 0) is 42.3 Å². The van der Waals surface area contributed by atoms with Gasteiger partial charge in [-0.15, -0.1) is 0 Å². The number of phenols is 1. The molecular weight excluding hydrogens is 260 g/mol. The molecule has 0 unspecified atom stereocenters. The molecule has 0 aliphatic heterocycles. The van der Waals surface area contributed by atoms with E-state index in [1.165, 1.54) is 36.4 Å². The number of aryl methyl sites for hydroxylation is 1. The highest BCUT2D eigenvalue weighted by Crippen LogP contribution is 2.30. The lowest BCUT2D eigenvalue weighted by Gasteiger charge is -2.12. The molecule has 3 N–H and O–H groups in total. The molecule has 2 aromatic carbocycles. The van der Waals surface area contributed by atoms with Crippen molar-refractivity contribution in [2.45, 2.75) is 6.92 Å². The smallest absolute Gasteiger partial charge is 0.336 e. The molecule has 0 atom stereocenters. The molecule has 0 heterocycles. The van der Waals surface area contributed by atoms with Crippen molar-refractivity contribution in [3.8, 4) is 16.9 Å². The average molecular weight is 272 g/mol. The van der Waals surface area contributed by atoms with Crippen LogP contribution in [0.5, 0.6) is 5.75 Å². The Kier molecular flexibility index (Phi) is 3.43. The minimum absolute atomic E-state index is 0.0228. The Bertz CT molecular complexity index is 651. The van der Waals surface area contributed by atoms with Crippen LogP contribution in [0.4, 0.5) is 0 Å². The van der Waals surface area contributed by atoms with Gasteiger partial charge in [-0.1, -0.05) is 12.1 Å². The number of aromatic carboxylic acids is 2. The summed E-state index contributed by atoms with van der Waals surface area (Å²) in [6.07, 6.45) is 0. The van der Waals surface area contributed by atoms with Gasteiger partial charge in [0.2, 0.25) is 0 Å². The number of hydrogen-bond donors (Lipinski definition) is 3. The maximum Gasteiger partial charge on any atom is 0.336 e. The molecule has 0 saturated carbocycles. The van der Waals surface area contributed by atoms with Crippen LogP contribution in [0.3, 0.4) is 0 Å². The molecule has 102 valence electrons. The Morgan fingerprint density at radius 2 is 1.35 bits per heavy atom. The first kappa shape index (κ1) is 13.6. The fraction of sp³-hybridized carbons (Fsp3) is 0.0667. The SMILES string of the molecule is Cc1cc(C(=O)O)c(-c2ccc(O)cc2)c(C(=O)O)c1. The van der Waals surface area contributed by atoms with Gasteiger partial charge in [0.1, 0.15) is 5.75 Å². The van der Waals surface area contributed by atoms with Gasteiger partial charge in [-0.2, -0.15) is 0 Å². The number of aromatic hydroxyl groups is 1. The zero-order valence-electron chi connectivity index (χ0n) is 10.6. The second kappa shape index (κ2) is 5.05. The van der Waals surface area contributed by atoms with Gasteiger partial charge in [0.25, 0.3) is 0 Å². The number of rotatable bonds is 3. The maximum atomic E-state index is 11.3. The van der Waals surface area contributed by atoms with E-state index in [-0.39, 0.29) is 22.4 Å². The van der Waals surface area contributed by atoms with E-state index in [1.54, 1.807) is 6.92 Å². The summed E-state index contributed by atoms with van der Waals surface area (Å²) in [4.78, 5) is 22.7. The van der Waals surface area contributed by atoms with Gasteiger partial charge >= 0.3 is 11.9 Å². The summed E-state index contributed by atoms with van der Waals surface area (Å²) in [7, 11) is 0. The number of hydrogen-bond acceptors (Lipinski definition) is 3. The standard InChI is InChI=1S/C15H12O5/c1-8-6-11(14(17)18)13(12(7-8)15(19)20)9-2-4-10(16)5-3-9/h2-7,16H,1H3,(H,17,18)(H,19,20). The van der Waals surface area contributed by atoms with Crippen molar-refractivity contribution < 1.29 is 24.9 Å². The van der Waals surface area contributed by atoms with Crippen LogP contribution in [0.25, 0.3) is 11.1 Å². The first-order valence-electron chi connectivity index (χ1n) is 5.81. The number of phenolic OH excluding ortho intramolecular Hbond substituents is 1. The van der Waals surface area contributed by atoms with Crippen LogP contribution >= 0.6 is 0 Å². The lowest BCUT2D eigenvalue weighted by Crippen LogP contribution is -2.08. The van der Waals surface area contributed by atoms with Crippen LogP contribution in [0.2, 0.25) is 0 Å². The Hall–Kier alpha value is -2.82. The zero-order chi connectivity index (χ0) is 14.9. The fourth-order valence-electron chi connectivity index (χ4n) is 2.06. The van der Waals surface area contributed by atoms with Crippen molar-refractivity contribution >= 4 is 11.9 Å². The number of carbonyl (C=O) groups is 2. The van der Waals surface area contributed by atoms with Gasteiger partial charge in [0, 0.05) is 5.56 Å². The van der Waals surface area contributed by atoms with Crippen LogP contribution in [-0.4, -0.2) is 27.3 Å². The Morgan fingerprint density at radius 1 is 0.900 bits per heavy atom. The Balaban J connectivity index is 2.80. The Morgan fingerprint density at radius 3 is 1.75 bits per heavy atom. The summed E-state index contributed by atoms with van der Waals surface area (Å²) in [5.41, 5.74) is 0.969. The van der Waals surface area contributed by atoms with Crippen molar-refractivity contribution in [3.05, 3.63) is 53.1 Å². The molecule has 2 rings (SSSR count). The lowest BCUT2D eigenvalue weighted by molar-refractivity contribution is 0.0696. The van der Waals surface area contributed by atoms with E-state index in [1.807, 2.05) is 0 Å². The van der Waals surface area contributed by atoms with Crippen molar-refractivity contribution in [2.24, 2.45) is 0 Å². The lowest BCUT2D eigenvalue weighted by atomic mass is 9.92. The highest BCUT2D eigenvalue weighted by Gasteiger charge is 2.20. The highest BCUT2D eigenvalue weighted by atomic mass is 16.4. The third-order valence-electron chi connectivity index (χ3n) is 2.90. The van der Waals surface area contributed by atoms with E-state index in [0.29, 0.717) is 11.1 Å². The van der Waals surface area contributed by atoms with Crippen molar-refractivity contribution in [1.82, 2.24) is 0 Å². The summed E-state index contributed by atoms with van der Waals surface area (Å²) in [6, 6.07) is 8.59. The van der Waals surface area contributed by atoms with Gasteiger partial charge in [-0.25, -0.2) is 9.59 Å². The van der Waals surface area contributed by atoms with Crippen molar-refractivity contribution in [3.63, 3.8) is 0 Å². The molecule has 0 radical (unpaired) electrons. The highest BCUT2D eigenvalue weighted by molar-refractivity contribution is 6.05. The van der Waals surface area contributed by atoms with Crippen LogP contribution in [0.15, 0.2) is 36.4 Å². The van der Waals surface area contributed by atoms with E-state index in [9.17, 15) is 24.9 Å². The molecule has 0 saturated heterocycles. The first-order chi connectivity index (χ1) is 9.40. The molecule has 0 fully saturated rings. The number of carboxylic acid groups (broad SMARTS) is 2. The first-order valence-corrected chi connectivity index (χ1v) is 5.81. The van der Waals surface area contributed by atoms with Gasteiger partial charge < -0.3 is 15.3 Å². The van der Waals surface area contributed by atoms with Crippen LogP contribution in [0, 0.1) is 6.92 Å². The molecule has 0 spiro atoms. The molecule has 0 bridgehead atoms. The summed E-state index contributed by atoms with van der Waals surface area (Å²) >= 11 is 0. The molecule has 5 nitrogen and oxygen atoms in total. The van der Waals surface area contributed by atoms with Gasteiger partial charge in [0.15, 0.2) is 0 Å². The monoisotopic (exact) mass is 272 g/mol. The molecule has 0 aliphatic rings. The second-order valence-electron chi connectivity index (χ2n) is 4.39. The predicted octanol–water partition coefficient (Wildman–Crippen LogP) is 2.76. The largest absolute Gasteiger partial charge is 0.508 e. The predicted molar refractivity (Wildman–Crippen MR) is 72.2 cm³/mol. The van der Waals surface area contributed by atoms with Crippen LogP contribution in [-0.2, 0) is 0 Å². The minimum atomic E-state index is -1.20. The molecule has 5 heteroatoms. The van der Waals surface area contributed by atoms with Crippen LogP contribution in [0.1, 0.15) is 26.3 Å². The van der Waals surface area contributed by atoms with E-state index in [0.717, 1.165) is 0 Å². The fourth-order valence-corrected chi connectivity index (χ4v) is 2.06. The molecule has 0 amide bonds. The quantitative estimate of drug-likeness (QED) is 0.798. The summed E-state index contributed by atoms with van der Waals surface area (Å²) in [6.45, 7) is 1.64. The maximum absolute atomic E-state index is 11.3. The van der Waals surface area contributed by atoms with E-state index < -0.39 is 11.9 Å². The van der Waals surface area contributed by atoms with E-state index >= 15 is 0 Å². The molecule has 2 aromatic rings. The third kappa shape index (κ3) is 2.47. The molecule has 0 aromatic heterocycles. The van der Waals surface area contributed by atoms with Gasteiger partial charge in [-0.3, -0.25) is 0 Å². The third-order valence-corrected chi connectivity index (χ3v) is 2.90. The molecule has 20 heavy (non-hydrogen) atoms. The Labute approximate surface area is 114 Å². The molecule has 0 aliphatic carbocycles. The average Bonchev–Trinajstić information content (AvgIpc) is 2.38. The van der Waals surface area contributed by atoms with E-state index in [4.69, 9.17) is 0 Å². The van der Waals surface area contributed by atoms with E-state index in [2.05, 4.69) is 0 Å². The topological polar surface area (TPSA) is 94.8 Å².